The van der Waals surface area contributed by atoms with Gasteiger partial charge < -0.3 is 10.1 Å². The maximum Gasteiger partial charge on any atom is 0.329 e. The maximum absolute atomic E-state index is 13.1. The van der Waals surface area contributed by atoms with Crippen molar-refractivity contribution in [1.29, 1.82) is 0 Å². The number of hydrogen-bond acceptors (Lipinski definition) is 3. The molecule has 0 spiro atoms. The monoisotopic (exact) mass is 596 g/mol. The molecule has 33 heavy (non-hydrogen) atoms. The van der Waals surface area contributed by atoms with E-state index < -0.39 is 11.9 Å². The zero-order valence-corrected chi connectivity index (χ0v) is 20.6. The lowest BCUT2D eigenvalue weighted by Crippen LogP contribution is -2.30. The maximum atomic E-state index is 13.1. The van der Waals surface area contributed by atoms with Gasteiger partial charge in [-0.15, -0.1) is 0 Å². The van der Waals surface area contributed by atoms with Gasteiger partial charge in [0.15, 0.2) is 0 Å². The summed E-state index contributed by atoms with van der Waals surface area (Å²) >= 11 is 14.3. The van der Waals surface area contributed by atoms with Crippen LogP contribution in [0.1, 0.15) is 16.7 Å². The fourth-order valence-electron chi connectivity index (χ4n) is 3.17. The molecular weight excluding hydrogens is 581 g/mol. The number of carbonyl (C=O) groups is 2. The first-order chi connectivity index (χ1) is 15.8. The molecule has 1 N–H and O–H groups in total. The number of hydrogen-bond donors (Lipinski definition) is 1. The molecular formula is C24H16Cl2FIN2O3. The number of rotatable bonds is 6. The second-order valence-electron chi connectivity index (χ2n) is 7.22. The molecule has 4 rings (SSSR count). The van der Waals surface area contributed by atoms with Gasteiger partial charge in [0.2, 0.25) is 0 Å². The molecule has 0 aromatic heterocycles. The van der Waals surface area contributed by atoms with Crippen molar-refractivity contribution in [2.45, 2.75) is 13.2 Å². The van der Waals surface area contributed by atoms with E-state index in [9.17, 15) is 14.0 Å². The first kappa shape index (κ1) is 23.5. The van der Waals surface area contributed by atoms with Gasteiger partial charge in [-0.25, -0.2) is 9.18 Å². The Bertz CT molecular complexity index is 1270. The van der Waals surface area contributed by atoms with E-state index in [0.717, 1.165) is 19.6 Å². The van der Waals surface area contributed by atoms with Gasteiger partial charge >= 0.3 is 6.03 Å². The third-order valence-corrected chi connectivity index (χ3v) is 6.31. The van der Waals surface area contributed by atoms with E-state index in [1.165, 1.54) is 24.3 Å². The van der Waals surface area contributed by atoms with Crippen molar-refractivity contribution >= 4 is 63.8 Å². The Balaban J connectivity index is 1.45. The van der Waals surface area contributed by atoms with E-state index in [-0.39, 0.29) is 24.7 Å². The number of urea groups is 1. The van der Waals surface area contributed by atoms with Crippen LogP contribution in [0.3, 0.4) is 0 Å². The van der Waals surface area contributed by atoms with Crippen molar-refractivity contribution in [2.24, 2.45) is 0 Å². The molecule has 0 radical (unpaired) electrons. The number of amides is 3. The Morgan fingerprint density at radius 3 is 2.48 bits per heavy atom. The summed E-state index contributed by atoms with van der Waals surface area (Å²) in [6, 6.07) is 15.8. The fourth-order valence-corrected chi connectivity index (χ4v) is 4.33. The smallest absolute Gasteiger partial charge is 0.329 e. The van der Waals surface area contributed by atoms with Gasteiger partial charge in [0.25, 0.3) is 5.91 Å². The first-order valence-corrected chi connectivity index (χ1v) is 11.6. The SMILES string of the molecule is O=C1N/C(=C/c2ccc(OCc3ccc(Cl)cc3Cl)c(I)c2)C(=O)N1Cc1ccc(F)cc1. The van der Waals surface area contributed by atoms with Crippen LogP contribution in [-0.2, 0) is 17.9 Å². The van der Waals surface area contributed by atoms with Gasteiger partial charge in [0.1, 0.15) is 23.9 Å². The average molecular weight is 597 g/mol. The van der Waals surface area contributed by atoms with Crippen LogP contribution < -0.4 is 10.1 Å². The summed E-state index contributed by atoms with van der Waals surface area (Å²) in [5.41, 5.74) is 2.35. The van der Waals surface area contributed by atoms with Crippen LogP contribution in [0, 0.1) is 9.39 Å². The molecule has 1 saturated heterocycles. The molecule has 0 unspecified atom stereocenters. The van der Waals surface area contributed by atoms with Crippen molar-refractivity contribution in [2.75, 3.05) is 0 Å². The highest BCUT2D eigenvalue weighted by molar-refractivity contribution is 14.1. The number of carbonyl (C=O) groups excluding carboxylic acids is 2. The van der Waals surface area contributed by atoms with E-state index in [1.54, 1.807) is 30.3 Å². The summed E-state index contributed by atoms with van der Waals surface area (Å²) < 4.78 is 19.8. The Labute approximate surface area is 213 Å². The van der Waals surface area contributed by atoms with Gasteiger partial charge in [-0.3, -0.25) is 9.69 Å². The second-order valence-corrected chi connectivity index (χ2v) is 9.23. The lowest BCUT2D eigenvalue weighted by atomic mass is 10.1. The summed E-state index contributed by atoms with van der Waals surface area (Å²) in [5, 5.41) is 3.67. The minimum Gasteiger partial charge on any atom is -0.488 e. The predicted molar refractivity (Wildman–Crippen MR) is 133 cm³/mol. The van der Waals surface area contributed by atoms with E-state index in [0.29, 0.717) is 21.4 Å². The predicted octanol–water partition coefficient (Wildman–Crippen LogP) is 6.41. The molecule has 1 aliphatic rings. The molecule has 0 aliphatic carbocycles. The number of halogens is 4. The van der Waals surface area contributed by atoms with Crippen LogP contribution in [0.25, 0.3) is 6.08 Å². The van der Waals surface area contributed by atoms with Crippen LogP contribution in [0.5, 0.6) is 5.75 Å². The molecule has 0 bridgehead atoms. The summed E-state index contributed by atoms with van der Waals surface area (Å²) in [6.07, 6.45) is 1.60. The average Bonchev–Trinajstić information content (AvgIpc) is 3.03. The summed E-state index contributed by atoms with van der Waals surface area (Å²) in [4.78, 5) is 26.1. The third-order valence-electron chi connectivity index (χ3n) is 4.88. The van der Waals surface area contributed by atoms with Gasteiger partial charge in [-0.2, -0.15) is 0 Å². The van der Waals surface area contributed by atoms with E-state index in [1.807, 2.05) is 12.1 Å². The molecule has 168 valence electrons. The molecule has 9 heteroatoms. The van der Waals surface area contributed by atoms with E-state index in [4.69, 9.17) is 27.9 Å². The Morgan fingerprint density at radius 2 is 1.79 bits per heavy atom. The number of nitrogens with one attached hydrogen (secondary N) is 1. The molecule has 1 heterocycles. The van der Waals surface area contributed by atoms with Gasteiger partial charge in [0, 0.05) is 15.6 Å². The number of benzene rings is 3. The van der Waals surface area contributed by atoms with Crippen LogP contribution in [-0.4, -0.2) is 16.8 Å². The number of imide groups is 1. The summed E-state index contributed by atoms with van der Waals surface area (Å²) in [7, 11) is 0. The largest absolute Gasteiger partial charge is 0.488 e. The van der Waals surface area contributed by atoms with Gasteiger partial charge in [-0.1, -0.05) is 47.5 Å². The molecule has 1 fully saturated rings. The second kappa shape index (κ2) is 10.1. The molecule has 0 atom stereocenters. The molecule has 3 aromatic carbocycles. The quantitative estimate of drug-likeness (QED) is 0.203. The zero-order chi connectivity index (χ0) is 23.5. The van der Waals surface area contributed by atoms with Gasteiger partial charge in [0.05, 0.1) is 10.1 Å². The number of ether oxygens (including phenoxy) is 1. The topological polar surface area (TPSA) is 58.6 Å². The minimum absolute atomic E-state index is 0.0554. The lowest BCUT2D eigenvalue weighted by molar-refractivity contribution is -0.123. The molecule has 0 saturated carbocycles. The Kier molecular flexibility index (Phi) is 7.21. The van der Waals surface area contributed by atoms with Crippen molar-refractivity contribution in [1.82, 2.24) is 10.2 Å². The highest BCUT2D eigenvalue weighted by Crippen LogP contribution is 2.27. The normalized spacial score (nSPS) is 14.7. The lowest BCUT2D eigenvalue weighted by Gasteiger charge is -2.11. The highest BCUT2D eigenvalue weighted by atomic mass is 127. The van der Waals surface area contributed by atoms with Crippen LogP contribution in [0.15, 0.2) is 66.4 Å². The highest BCUT2D eigenvalue weighted by Gasteiger charge is 2.33. The molecule has 3 aromatic rings. The Morgan fingerprint density at radius 1 is 1.03 bits per heavy atom. The fraction of sp³-hybridized carbons (Fsp3) is 0.0833. The molecule has 5 nitrogen and oxygen atoms in total. The van der Waals surface area contributed by atoms with E-state index in [2.05, 4.69) is 27.9 Å². The van der Waals surface area contributed by atoms with Crippen molar-refractivity contribution in [3.63, 3.8) is 0 Å². The first-order valence-electron chi connectivity index (χ1n) is 9.75. The van der Waals surface area contributed by atoms with Crippen molar-refractivity contribution in [3.05, 3.63) is 102 Å². The van der Waals surface area contributed by atoms with Crippen LogP contribution in [0.4, 0.5) is 9.18 Å². The molecule has 1 aliphatic heterocycles. The number of nitrogens with zero attached hydrogens (tertiary/aromatic N) is 1. The van der Waals surface area contributed by atoms with Crippen molar-refractivity contribution in [3.8, 4) is 5.75 Å². The molecule has 3 amide bonds. The van der Waals surface area contributed by atoms with Crippen LogP contribution in [0.2, 0.25) is 10.0 Å². The minimum atomic E-state index is -0.523. The van der Waals surface area contributed by atoms with E-state index >= 15 is 0 Å². The summed E-state index contributed by atoms with van der Waals surface area (Å²) in [6.45, 7) is 0.333. The zero-order valence-electron chi connectivity index (χ0n) is 16.9. The standard InChI is InChI=1S/C24H16Cl2FIN2O3/c25-17-5-4-16(19(26)11-17)13-33-22-8-3-15(9-20(22)28)10-21-23(31)30(24(32)29-21)12-14-1-6-18(27)7-2-14/h1-11H,12-13H2,(H,29,32)/b21-10+. The third kappa shape index (κ3) is 5.66. The van der Waals surface area contributed by atoms with Crippen LogP contribution >= 0.6 is 45.8 Å². The van der Waals surface area contributed by atoms with Crippen molar-refractivity contribution < 1.29 is 18.7 Å². The summed E-state index contributed by atoms with van der Waals surface area (Å²) in [5.74, 6) is -0.171. The van der Waals surface area contributed by atoms with Gasteiger partial charge in [-0.05, 0) is 76.2 Å². The Hall–Kier alpha value is -2.62.